The number of aryl methyl sites for hydroxylation is 1. The van der Waals surface area contributed by atoms with E-state index in [1.165, 1.54) is 5.56 Å². The van der Waals surface area contributed by atoms with Crippen LogP contribution < -0.4 is 0 Å². The van der Waals surface area contributed by atoms with E-state index in [-0.39, 0.29) is 5.75 Å². The summed E-state index contributed by atoms with van der Waals surface area (Å²) in [5.41, 5.74) is 6.58. The molecule has 0 bridgehead atoms. The molecule has 2 heterocycles. The van der Waals surface area contributed by atoms with E-state index >= 15 is 0 Å². The number of phenolic OH excluding ortho intramolecular Hbond substituents is 1. The second-order valence-corrected chi connectivity index (χ2v) is 7.90. The highest BCUT2D eigenvalue weighted by Gasteiger charge is 2.16. The van der Waals surface area contributed by atoms with Crippen LogP contribution in [0.25, 0.3) is 55.1 Å². The summed E-state index contributed by atoms with van der Waals surface area (Å²) in [7, 11) is 0. The minimum atomic E-state index is 0.277. The lowest BCUT2D eigenvalue weighted by Crippen LogP contribution is -1.89. The summed E-state index contributed by atoms with van der Waals surface area (Å²) in [5, 5.41) is 14.6. The summed E-state index contributed by atoms with van der Waals surface area (Å²) < 4.78 is 6.28. The molecule has 3 nitrogen and oxygen atoms in total. The molecule has 3 heteroatoms. The molecule has 6 aromatic rings. The molecule has 0 aliphatic rings. The molecular formula is C28H19NO2. The van der Waals surface area contributed by atoms with E-state index in [1.54, 1.807) is 6.07 Å². The van der Waals surface area contributed by atoms with E-state index < -0.39 is 0 Å². The van der Waals surface area contributed by atoms with Crippen molar-refractivity contribution < 1.29 is 9.52 Å². The lowest BCUT2D eigenvalue weighted by molar-refractivity contribution is 0.477. The zero-order chi connectivity index (χ0) is 20.9. The molecule has 0 fully saturated rings. The van der Waals surface area contributed by atoms with Gasteiger partial charge in [-0.3, -0.25) is 4.98 Å². The second kappa shape index (κ2) is 6.71. The number of aromatic nitrogens is 1. The van der Waals surface area contributed by atoms with Crippen molar-refractivity contribution in [1.29, 1.82) is 0 Å². The van der Waals surface area contributed by atoms with Crippen molar-refractivity contribution >= 4 is 32.7 Å². The average molecular weight is 401 g/mol. The quantitative estimate of drug-likeness (QED) is 0.327. The molecule has 6 rings (SSSR count). The first-order chi connectivity index (χ1) is 15.2. The standard InChI is InChI=1S/C28H19NO2/c1-17-14-23-22-7-3-5-9-26(22)31-28(23)24(15-17)27-21-11-10-18(16-19(21)12-13-29-27)20-6-2-4-8-25(20)30/h2-16,30H,1H3. The van der Waals surface area contributed by atoms with Gasteiger partial charge in [-0.1, -0.05) is 48.5 Å². The fraction of sp³-hybridized carbons (Fsp3) is 0.0357. The monoisotopic (exact) mass is 401 g/mol. The molecule has 31 heavy (non-hydrogen) atoms. The van der Waals surface area contributed by atoms with Gasteiger partial charge in [0.05, 0.1) is 5.69 Å². The van der Waals surface area contributed by atoms with Crippen LogP contribution in [0, 0.1) is 6.92 Å². The largest absolute Gasteiger partial charge is 0.507 e. The maximum Gasteiger partial charge on any atom is 0.144 e. The van der Waals surface area contributed by atoms with Crippen molar-refractivity contribution in [2.45, 2.75) is 6.92 Å². The van der Waals surface area contributed by atoms with E-state index in [9.17, 15) is 5.11 Å². The molecule has 0 spiro atoms. The topological polar surface area (TPSA) is 46.3 Å². The van der Waals surface area contributed by atoms with Crippen LogP contribution in [0.15, 0.2) is 95.5 Å². The maximum absolute atomic E-state index is 10.3. The van der Waals surface area contributed by atoms with Crippen LogP contribution in [-0.4, -0.2) is 10.1 Å². The van der Waals surface area contributed by atoms with E-state index in [0.29, 0.717) is 0 Å². The Balaban J connectivity index is 1.62. The molecule has 0 amide bonds. The fourth-order valence-corrected chi connectivity index (χ4v) is 4.43. The third-order valence-corrected chi connectivity index (χ3v) is 5.86. The van der Waals surface area contributed by atoms with Gasteiger partial charge in [-0.2, -0.15) is 0 Å². The number of benzene rings is 4. The first-order valence-electron chi connectivity index (χ1n) is 10.3. The fourth-order valence-electron chi connectivity index (χ4n) is 4.43. The van der Waals surface area contributed by atoms with Gasteiger partial charge in [0.15, 0.2) is 0 Å². The molecule has 0 aliphatic heterocycles. The Kier molecular flexibility index (Phi) is 3.84. The second-order valence-electron chi connectivity index (χ2n) is 7.90. The van der Waals surface area contributed by atoms with Gasteiger partial charge in [0, 0.05) is 33.5 Å². The van der Waals surface area contributed by atoms with Crippen molar-refractivity contribution in [3.63, 3.8) is 0 Å². The number of hydrogen-bond donors (Lipinski definition) is 1. The number of rotatable bonds is 2. The molecule has 2 aromatic heterocycles. The van der Waals surface area contributed by atoms with E-state index in [4.69, 9.17) is 9.40 Å². The Morgan fingerprint density at radius 3 is 2.48 bits per heavy atom. The van der Waals surface area contributed by atoms with Crippen molar-refractivity contribution in [1.82, 2.24) is 4.98 Å². The molecule has 1 N–H and O–H groups in total. The van der Waals surface area contributed by atoms with E-state index in [0.717, 1.165) is 55.1 Å². The predicted molar refractivity (Wildman–Crippen MR) is 126 cm³/mol. The third-order valence-electron chi connectivity index (χ3n) is 5.86. The van der Waals surface area contributed by atoms with Crippen molar-refractivity contribution in [2.75, 3.05) is 0 Å². The summed E-state index contributed by atoms with van der Waals surface area (Å²) in [5.74, 6) is 0.277. The van der Waals surface area contributed by atoms with Gasteiger partial charge in [-0.05, 0) is 59.8 Å². The zero-order valence-corrected chi connectivity index (χ0v) is 17.0. The minimum Gasteiger partial charge on any atom is -0.507 e. The molecule has 4 aromatic carbocycles. The molecule has 0 saturated carbocycles. The van der Waals surface area contributed by atoms with Crippen LogP contribution in [-0.2, 0) is 0 Å². The Labute approximate surface area is 179 Å². The first-order valence-corrected chi connectivity index (χ1v) is 10.3. The van der Waals surface area contributed by atoms with Crippen LogP contribution in [0.4, 0.5) is 0 Å². The van der Waals surface area contributed by atoms with Gasteiger partial charge >= 0.3 is 0 Å². The van der Waals surface area contributed by atoms with Gasteiger partial charge in [-0.25, -0.2) is 0 Å². The highest BCUT2D eigenvalue weighted by molar-refractivity contribution is 6.12. The molecular weight excluding hydrogens is 382 g/mol. The van der Waals surface area contributed by atoms with Gasteiger partial charge in [0.1, 0.15) is 16.9 Å². The summed E-state index contributed by atoms with van der Waals surface area (Å²) in [6.07, 6.45) is 1.84. The highest BCUT2D eigenvalue weighted by Crippen LogP contribution is 2.39. The normalized spacial score (nSPS) is 11.5. The number of phenols is 1. The van der Waals surface area contributed by atoms with Gasteiger partial charge in [0.2, 0.25) is 0 Å². The number of para-hydroxylation sites is 2. The third kappa shape index (κ3) is 2.78. The summed E-state index contributed by atoms with van der Waals surface area (Å²) in [4.78, 5) is 4.75. The highest BCUT2D eigenvalue weighted by atomic mass is 16.3. The molecule has 0 radical (unpaired) electrons. The maximum atomic E-state index is 10.3. The lowest BCUT2D eigenvalue weighted by Gasteiger charge is -2.10. The van der Waals surface area contributed by atoms with Gasteiger partial charge < -0.3 is 9.52 Å². The summed E-state index contributed by atoms with van der Waals surface area (Å²) in [6, 6.07) is 28.1. The SMILES string of the molecule is Cc1cc(-c2nccc3cc(-c4ccccc4O)ccc23)c2oc3ccccc3c2c1. The van der Waals surface area contributed by atoms with E-state index in [2.05, 4.69) is 37.3 Å². The number of fused-ring (bicyclic) bond motifs is 4. The van der Waals surface area contributed by atoms with Crippen LogP contribution >= 0.6 is 0 Å². The van der Waals surface area contributed by atoms with Gasteiger partial charge in [-0.15, -0.1) is 0 Å². The van der Waals surface area contributed by atoms with Crippen LogP contribution in [0.1, 0.15) is 5.56 Å². The Bertz CT molecular complexity index is 1610. The smallest absolute Gasteiger partial charge is 0.144 e. The first kappa shape index (κ1) is 17.7. The Morgan fingerprint density at radius 2 is 1.58 bits per heavy atom. The van der Waals surface area contributed by atoms with Crippen LogP contribution in [0.5, 0.6) is 5.75 Å². The number of aromatic hydroxyl groups is 1. The number of furan rings is 1. The summed E-state index contributed by atoms with van der Waals surface area (Å²) >= 11 is 0. The van der Waals surface area contributed by atoms with Crippen LogP contribution in [0.2, 0.25) is 0 Å². The molecule has 148 valence electrons. The zero-order valence-electron chi connectivity index (χ0n) is 17.0. The number of pyridine rings is 1. The molecule has 0 unspecified atom stereocenters. The Hall–Kier alpha value is -4.11. The van der Waals surface area contributed by atoms with E-state index in [1.807, 2.05) is 54.7 Å². The average Bonchev–Trinajstić information content (AvgIpc) is 3.17. The Morgan fingerprint density at radius 1 is 0.742 bits per heavy atom. The van der Waals surface area contributed by atoms with Gasteiger partial charge in [0.25, 0.3) is 0 Å². The predicted octanol–water partition coefficient (Wildman–Crippen LogP) is 7.48. The lowest BCUT2D eigenvalue weighted by atomic mass is 9.96. The van der Waals surface area contributed by atoms with Crippen molar-refractivity contribution in [2.24, 2.45) is 0 Å². The molecule has 0 saturated heterocycles. The number of nitrogens with zero attached hydrogens (tertiary/aromatic N) is 1. The van der Waals surface area contributed by atoms with Crippen LogP contribution in [0.3, 0.4) is 0 Å². The summed E-state index contributed by atoms with van der Waals surface area (Å²) in [6.45, 7) is 2.10. The molecule has 0 atom stereocenters. The minimum absolute atomic E-state index is 0.277. The molecule has 0 aliphatic carbocycles. The van der Waals surface area contributed by atoms with Crippen molar-refractivity contribution in [3.8, 4) is 28.1 Å². The number of hydrogen-bond acceptors (Lipinski definition) is 3. The van der Waals surface area contributed by atoms with Crippen molar-refractivity contribution in [3.05, 3.63) is 96.7 Å².